The maximum atomic E-state index is 11.6. The molecule has 0 aliphatic carbocycles. The molecule has 0 aliphatic heterocycles. The van der Waals surface area contributed by atoms with Crippen molar-refractivity contribution in [3.8, 4) is 5.75 Å². The van der Waals surface area contributed by atoms with E-state index in [9.17, 15) is 9.59 Å². The molecule has 0 aliphatic rings. The minimum Gasteiger partial charge on any atom is -0.422 e. The van der Waals surface area contributed by atoms with Gasteiger partial charge in [-0.1, -0.05) is 12.1 Å². The van der Waals surface area contributed by atoms with Crippen LogP contribution in [0.4, 0.5) is 4.79 Å². The van der Waals surface area contributed by atoms with Gasteiger partial charge in [0.05, 0.1) is 5.39 Å². The van der Waals surface area contributed by atoms with Gasteiger partial charge in [0, 0.05) is 14.1 Å². The van der Waals surface area contributed by atoms with E-state index in [1.807, 2.05) is 0 Å². The first kappa shape index (κ1) is 12.6. The van der Waals surface area contributed by atoms with Crippen LogP contribution in [-0.4, -0.2) is 25.1 Å². The highest BCUT2D eigenvalue weighted by atomic mass is 79.9. The third kappa shape index (κ3) is 2.24. The van der Waals surface area contributed by atoms with E-state index in [4.69, 9.17) is 9.15 Å². The van der Waals surface area contributed by atoms with Gasteiger partial charge in [0.25, 0.3) is 0 Å². The Labute approximate surface area is 111 Å². The van der Waals surface area contributed by atoms with Crippen LogP contribution in [-0.2, 0) is 0 Å². The molecule has 94 valence electrons. The summed E-state index contributed by atoms with van der Waals surface area (Å²) < 4.78 is 10.3. The molecule has 2 rings (SSSR count). The lowest BCUT2D eigenvalue weighted by Gasteiger charge is -2.12. The molecule has 0 fully saturated rings. The lowest BCUT2D eigenvalue weighted by atomic mass is 10.2. The second kappa shape index (κ2) is 4.81. The quantitative estimate of drug-likeness (QED) is 0.760. The SMILES string of the molecule is CN(C)C(=O)Oc1c(Br)c(=O)oc2ccccc12. The molecule has 1 heterocycles. The molecule has 1 amide bonds. The number of amides is 1. The fourth-order valence-corrected chi connectivity index (χ4v) is 1.75. The highest BCUT2D eigenvalue weighted by Crippen LogP contribution is 2.31. The van der Waals surface area contributed by atoms with E-state index in [1.54, 1.807) is 38.4 Å². The highest BCUT2D eigenvalue weighted by molar-refractivity contribution is 9.10. The Bertz CT molecular complexity index is 663. The molecule has 0 bridgehead atoms. The molecule has 5 nitrogen and oxygen atoms in total. The van der Waals surface area contributed by atoms with Gasteiger partial charge in [0.1, 0.15) is 10.1 Å². The lowest BCUT2D eigenvalue weighted by molar-refractivity contribution is 0.172. The average Bonchev–Trinajstić information content (AvgIpc) is 2.34. The minimum atomic E-state index is -0.588. The van der Waals surface area contributed by atoms with Crippen molar-refractivity contribution in [3.63, 3.8) is 0 Å². The molecule has 18 heavy (non-hydrogen) atoms. The molecular formula is C12H10BrNO4. The fourth-order valence-electron chi connectivity index (χ4n) is 1.38. The first-order valence-electron chi connectivity index (χ1n) is 5.11. The Morgan fingerprint density at radius 1 is 1.33 bits per heavy atom. The molecular weight excluding hydrogens is 302 g/mol. The van der Waals surface area contributed by atoms with Crippen LogP contribution < -0.4 is 10.4 Å². The number of fused-ring (bicyclic) bond motifs is 1. The van der Waals surface area contributed by atoms with Gasteiger partial charge in [0.15, 0.2) is 5.75 Å². The van der Waals surface area contributed by atoms with E-state index in [1.165, 1.54) is 4.90 Å². The van der Waals surface area contributed by atoms with E-state index in [2.05, 4.69) is 15.9 Å². The van der Waals surface area contributed by atoms with Crippen molar-refractivity contribution in [3.05, 3.63) is 39.2 Å². The van der Waals surface area contributed by atoms with Crippen LogP contribution >= 0.6 is 15.9 Å². The molecule has 0 radical (unpaired) electrons. The average molecular weight is 312 g/mol. The topological polar surface area (TPSA) is 59.8 Å². The summed E-state index contributed by atoms with van der Waals surface area (Å²) in [7, 11) is 3.12. The summed E-state index contributed by atoms with van der Waals surface area (Å²) in [5.74, 6) is 0.167. The molecule has 0 saturated carbocycles. The van der Waals surface area contributed by atoms with Gasteiger partial charge < -0.3 is 14.1 Å². The number of rotatable bonds is 1. The number of hydrogen-bond donors (Lipinski definition) is 0. The maximum absolute atomic E-state index is 11.6. The van der Waals surface area contributed by atoms with Crippen LogP contribution in [0, 0.1) is 0 Å². The van der Waals surface area contributed by atoms with Crippen molar-refractivity contribution >= 4 is 33.0 Å². The predicted molar refractivity (Wildman–Crippen MR) is 69.9 cm³/mol. The van der Waals surface area contributed by atoms with Crippen molar-refractivity contribution in [2.45, 2.75) is 0 Å². The Balaban J connectivity index is 2.64. The third-order valence-corrected chi connectivity index (χ3v) is 2.95. The summed E-state index contributed by atoms with van der Waals surface area (Å²) >= 11 is 3.08. The Morgan fingerprint density at radius 3 is 2.67 bits per heavy atom. The maximum Gasteiger partial charge on any atom is 0.414 e. The Hall–Kier alpha value is -1.82. The summed E-state index contributed by atoms with van der Waals surface area (Å²) in [4.78, 5) is 24.4. The summed E-state index contributed by atoms with van der Waals surface area (Å²) in [6.45, 7) is 0. The van der Waals surface area contributed by atoms with Gasteiger partial charge in [-0.25, -0.2) is 9.59 Å². The molecule has 6 heteroatoms. The zero-order chi connectivity index (χ0) is 13.3. The number of benzene rings is 1. The van der Waals surface area contributed by atoms with Crippen LogP contribution in [0.2, 0.25) is 0 Å². The molecule has 0 atom stereocenters. The van der Waals surface area contributed by atoms with Gasteiger partial charge in [-0.2, -0.15) is 0 Å². The van der Waals surface area contributed by atoms with E-state index in [0.29, 0.717) is 11.0 Å². The number of ether oxygens (including phenoxy) is 1. The van der Waals surface area contributed by atoms with Gasteiger partial charge in [-0.15, -0.1) is 0 Å². The van der Waals surface area contributed by atoms with Gasteiger partial charge in [-0.05, 0) is 28.1 Å². The summed E-state index contributed by atoms with van der Waals surface area (Å²) in [5.41, 5.74) is -0.220. The summed E-state index contributed by atoms with van der Waals surface area (Å²) in [6, 6.07) is 6.84. The highest BCUT2D eigenvalue weighted by Gasteiger charge is 2.17. The first-order valence-corrected chi connectivity index (χ1v) is 5.90. The fraction of sp³-hybridized carbons (Fsp3) is 0.167. The molecule has 0 unspecified atom stereocenters. The van der Waals surface area contributed by atoms with Gasteiger partial charge in [-0.3, -0.25) is 0 Å². The van der Waals surface area contributed by atoms with Crippen molar-refractivity contribution in [2.24, 2.45) is 0 Å². The zero-order valence-electron chi connectivity index (χ0n) is 9.77. The monoisotopic (exact) mass is 311 g/mol. The molecule has 2 aromatic rings. The normalized spacial score (nSPS) is 10.4. The van der Waals surface area contributed by atoms with E-state index in [-0.39, 0.29) is 10.2 Å². The van der Waals surface area contributed by atoms with E-state index in [0.717, 1.165) is 0 Å². The van der Waals surface area contributed by atoms with Crippen LogP contribution in [0.1, 0.15) is 0 Å². The Morgan fingerprint density at radius 2 is 2.00 bits per heavy atom. The van der Waals surface area contributed by atoms with Crippen molar-refractivity contribution < 1.29 is 13.9 Å². The van der Waals surface area contributed by atoms with Gasteiger partial charge >= 0.3 is 11.7 Å². The summed E-state index contributed by atoms with van der Waals surface area (Å²) in [6.07, 6.45) is -0.563. The molecule has 0 spiro atoms. The standard InChI is InChI=1S/C12H10BrNO4/c1-14(2)12(16)18-10-7-5-3-4-6-8(7)17-11(15)9(10)13/h3-6H,1-2H3. The Kier molecular flexibility index (Phi) is 3.38. The second-order valence-corrected chi connectivity index (χ2v) is 4.58. The van der Waals surface area contributed by atoms with Crippen molar-refractivity contribution in [1.29, 1.82) is 0 Å². The van der Waals surface area contributed by atoms with Crippen LogP contribution in [0.3, 0.4) is 0 Å². The number of para-hydroxylation sites is 1. The van der Waals surface area contributed by atoms with Crippen molar-refractivity contribution in [1.82, 2.24) is 4.90 Å². The van der Waals surface area contributed by atoms with Crippen LogP contribution in [0.25, 0.3) is 11.0 Å². The number of halogens is 1. The van der Waals surface area contributed by atoms with Crippen LogP contribution in [0.15, 0.2) is 37.9 Å². The molecule has 0 saturated heterocycles. The van der Waals surface area contributed by atoms with Crippen LogP contribution in [0.5, 0.6) is 5.75 Å². The first-order chi connectivity index (χ1) is 8.50. The third-order valence-electron chi connectivity index (χ3n) is 2.27. The number of carbonyl (C=O) groups is 1. The number of nitrogens with zero attached hydrogens (tertiary/aromatic N) is 1. The summed E-state index contributed by atoms with van der Waals surface area (Å²) in [5, 5.41) is 0.555. The smallest absolute Gasteiger partial charge is 0.414 e. The van der Waals surface area contributed by atoms with Crippen molar-refractivity contribution in [2.75, 3.05) is 14.1 Å². The number of hydrogen-bond acceptors (Lipinski definition) is 4. The minimum absolute atomic E-state index is 0.0939. The van der Waals surface area contributed by atoms with E-state index < -0.39 is 11.7 Å². The molecule has 1 aromatic heterocycles. The zero-order valence-corrected chi connectivity index (χ0v) is 11.4. The largest absolute Gasteiger partial charge is 0.422 e. The second-order valence-electron chi connectivity index (χ2n) is 3.79. The van der Waals surface area contributed by atoms with E-state index >= 15 is 0 Å². The number of carbonyl (C=O) groups excluding carboxylic acids is 1. The lowest BCUT2D eigenvalue weighted by Crippen LogP contribution is -2.26. The predicted octanol–water partition coefficient (Wildman–Crippen LogP) is 2.62. The molecule has 0 N–H and O–H groups in total. The van der Waals surface area contributed by atoms with Gasteiger partial charge in [0.2, 0.25) is 0 Å². The molecule has 1 aromatic carbocycles.